The molecule has 1 aliphatic heterocycles. The zero-order chi connectivity index (χ0) is 15.0. The Morgan fingerprint density at radius 1 is 1.24 bits per heavy atom. The number of aliphatic hydroxyl groups excluding tert-OH is 1. The first kappa shape index (κ1) is 15.0. The Bertz CT molecular complexity index is 677. The van der Waals surface area contributed by atoms with Crippen molar-refractivity contribution in [2.24, 2.45) is 0 Å². The van der Waals surface area contributed by atoms with Crippen LogP contribution in [-0.4, -0.2) is 17.0 Å². The van der Waals surface area contributed by atoms with Gasteiger partial charge in [0.2, 0.25) is 0 Å². The molecule has 0 aliphatic carbocycles. The van der Waals surface area contributed by atoms with Crippen LogP contribution in [0.25, 0.3) is 0 Å². The molecule has 0 amide bonds. The van der Waals surface area contributed by atoms with Crippen molar-refractivity contribution in [3.8, 4) is 0 Å². The maximum absolute atomic E-state index is 14.0. The summed E-state index contributed by atoms with van der Waals surface area (Å²) in [6, 6.07) is 10.4. The van der Waals surface area contributed by atoms with Crippen LogP contribution in [0.4, 0.5) is 8.78 Å². The first-order valence-corrected chi connectivity index (χ1v) is 8.38. The maximum atomic E-state index is 14.0. The largest absolute Gasteiger partial charge is 0.392 e. The third-order valence-corrected chi connectivity index (χ3v) is 5.57. The Hall–Kier alpha value is -0.910. The second-order valence-electron chi connectivity index (χ2n) is 5.05. The number of rotatable bonds is 3. The molecule has 1 aliphatic rings. The summed E-state index contributed by atoms with van der Waals surface area (Å²) < 4.78 is 28.0. The minimum Gasteiger partial charge on any atom is -0.392 e. The average molecular weight is 371 g/mol. The van der Waals surface area contributed by atoms with Gasteiger partial charge >= 0.3 is 0 Å². The molecule has 0 aromatic heterocycles. The van der Waals surface area contributed by atoms with Gasteiger partial charge in [0.25, 0.3) is 0 Å². The van der Waals surface area contributed by atoms with Gasteiger partial charge in [-0.15, -0.1) is 11.8 Å². The lowest BCUT2D eigenvalue weighted by atomic mass is 9.91. The highest BCUT2D eigenvalue weighted by atomic mass is 79.9. The van der Waals surface area contributed by atoms with Crippen LogP contribution in [0.2, 0.25) is 0 Å². The van der Waals surface area contributed by atoms with E-state index in [0.29, 0.717) is 0 Å². The predicted octanol–water partition coefficient (Wildman–Crippen LogP) is 4.52. The number of hydrogen-bond acceptors (Lipinski definition) is 2. The van der Waals surface area contributed by atoms with Gasteiger partial charge in [-0.3, -0.25) is 0 Å². The average Bonchev–Trinajstić information content (AvgIpc) is 2.91. The Kier molecular flexibility index (Phi) is 4.33. The molecule has 3 rings (SSSR count). The van der Waals surface area contributed by atoms with E-state index in [9.17, 15) is 13.9 Å². The van der Waals surface area contributed by atoms with E-state index < -0.39 is 17.7 Å². The lowest BCUT2D eigenvalue weighted by molar-refractivity contribution is 0.149. The summed E-state index contributed by atoms with van der Waals surface area (Å²) in [5.41, 5.74) is 0.997. The van der Waals surface area contributed by atoms with E-state index in [1.54, 1.807) is 11.8 Å². The van der Waals surface area contributed by atoms with Crippen molar-refractivity contribution >= 4 is 27.7 Å². The fraction of sp³-hybridized carbons (Fsp3) is 0.250. The minimum absolute atomic E-state index is 0.0311. The first-order valence-electron chi connectivity index (χ1n) is 6.60. The molecular formula is C16H13BrF2OS. The van der Waals surface area contributed by atoms with E-state index in [1.165, 1.54) is 12.1 Å². The minimum atomic E-state index is -0.806. The predicted molar refractivity (Wildman–Crippen MR) is 83.7 cm³/mol. The van der Waals surface area contributed by atoms with E-state index in [4.69, 9.17) is 0 Å². The normalized spacial score (nSPS) is 18.6. The molecule has 2 atom stereocenters. The summed E-state index contributed by atoms with van der Waals surface area (Å²) in [5.74, 6) is -0.608. The van der Waals surface area contributed by atoms with Gasteiger partial charge < -0.3 is 5.11 Å². The number of halogens is 3. The SMILES string of the molecule is OC(Cc1c(F)ccc(Br)c1F)C1CSc2ccccc21. The highest BCUT2D eigenvalue weighted by Crippen LogP contribution is 2.42. The number of benzene rings is 2. The highest BCUT2D eigenvalue weighted by Gasteiger charge is 2.30. The van der Waals surface area contributed by atoms with E-state index in [0.717, 1.165) is 16.2 Å². The second kappa shape index (κ2) is 6.07. The Morgan fingerprint density at radius 3 is 2.81 bits per heavy atom. The highest BCUT2D eigenvalue weighted by molar-refractivity contribution is 9.10. The quantitative estimate of drug-likeness (QED) is 0.801. The van der Waals surface area contributed by atoms with Crippen molar-refractivity contribution in [3.63, 3.8) is 0 Å². The molecule has 0 bridgehead atoms. The van der Waals surface area contributed by atoms with Gasteiger partial charge in [0, 0.05) is 28.6 Å². The number of hydrogen-bond donors (Lipinski definition) is 1. The van der Waals surface area contributed by atoms with Crippen LogP contribution >= 0.6 is 27.7 Å². The van der Waals surface area contributed by atoms with E-state index >= 15 is 0 Å². The molecule has 2 aromatic rings. The molecule has 0 saturated carbocycles. The lowest BCUT2D eigenvalue weighted by Crippen LogP contribution is -2.22. The van der Waals surface area contributed by atoms with Gasteiger partial charge in [-0.2, -0.15) is 0 Å². The van der Waals surface area contributed by atoms with E-state index in [-0.39, 0.29) is 22.4 Å². The number of fused-ring (bicyclic) bond motifs is 1. The van der Waals surface area contributed by atoms with Crippen molar-refractivity contribution in [3.05, 3.63) is 63.6 Å². The van der Waals surface area contributed by atoms with Crippen LogP contribution in [0, 0.1) is 11.6 Å². The fourth-order valence-corrected chi connectivity index (χ4v) is 4.31. The van der Waals surface area contributed by atoms with Gasteiger partial charge in [0.05, 0.1) is 10.6 Å². The molecule has 1 nitrogen and oxygen atoms in total. The van der Waals surface area contributed by atoms with Gasteiger partial charge in [-0.05, 0) is 39.7 Å². The van der Waals surface area contributed by atoms with Crippen molar-refractivity contribution < 1.29 is 13.9 Å². The zero-order valence-corrected chi connectivity index (χ0v) is 13.4. The molecule has 110 valence electrons. The number of aliphatic hydroxyl groups is 1. The third kappa shape index (κ3) is 2.87. The fourth-order valence-electron chi connectivity index (χ4n) is 2.61. The molecule has 5 heteroatoms. The second-order valence-corrected chi connectivity index (χ2v) is 6.96. The van der Waals surface area contributed by atoms with E-state index in [1.807, 2.05) is 24.3 Å². The molecule has 0 radical (unpaired) electrons. The summed E-state index contributed by atoms with van der Waals surface area (Å²) in [7, 11) is 0. The molecule has 0 fully saturated rings. The summed E-state index contributed by atoms with van der Waals surface area (Å²) in [6.45, 7) is 0. The molecule has 0 saturated heterocycles. The zero-order valence-electron chi connectivity index (χ0n) is 11.0. The third-order valence-electron chi connectivity index (χ3n) is 3.75. The van der Waals surface area contributed by atoms with Gasteiger partial charge in [-0.25, -0.2) is 8.78 Å². The summed E-state index contributed by atoms with van der Waals surface area (Å²) in [4.78, 5) is 1.14. The van der Waals surface area contributed by atoms with Crippen molar-refractivity contribution in [1.29, 1.82) is 0 Å². The lowest BCUT2D eigenvalue weighted by Gasteiger charge is -2.19. The Balaban J connectivity index is 1.85. The molecule has 1 heterocycles. The Morgan fingerprint density at radius 2 is 2.00 bits per heavy atom. The maximum Gasteiger partial charge on any atom is 0.143 e. The number of thioether (sulfide) groups is 1. The standard InChI is InChI=1S/C16H13BrF2OS/c17-12-5-6-13(18)10(16(12)19)7-14(20)11-8-21-15-4-2-1-3-9(11)15/h1-6,11,14,20H,7-8H2. The molecular weight excluding hydrogens is 358 g/mol. The van der Waals surface area contributed by atoms with Gasteiger partial charge in [0.15, 0.2) is 0 Å². The van der Waals surface area contributed by atoms with Crippen molar-refractivity contribution in [2.45, 2.75) is 23.3 Å². The van der Waals surface area contributed by atoms with Crippen LogP contribution in [0.3, 0.4) is 0 Å². The van der Waals surface area contributed by atoms with Crippen LogP contribution < -0.4 is 0 Å². The monoisotopic (exact) mass is 370 g/mol. The van der Waals surface area contributed by atoms with Crippen molar-refractivity contribution in [1.82, 2.24) is 0 Å². The smallest absolute Gasteiger partial charge is 0.143 e. The van der Waals surface area contributed by atoms with Crippen LogP contribution in [0.15, 0.2) is 45.8 Å². The summed E-state index contributed by atoms with van der Waals surface area (Å²) in [6.07, 6.45) is -0.837. The van der Waals surface area contributed by atoms with Crippen LogP contribution in [-0.2, 0) is 6.42 Å². The van der Waals surface area contributed by atoms with E-state index in [2.05, 4.69) is 15.9 Å². The van der Waals surface area contributed by atoms with Gasteiger partial charge in [-0.1, -0.05) is 18.2 Å². The Labute approximate surface area is 134 Å². The topological polar surface area (TPSA) is 20.2 Å². The molecule has 2 unspecified atom stereocenters. The molecule has 2 aromatic carbocycles. The molecule has 21 heavy (non-hydrogen) atoms. The van der Waals surface area contributed by atoms with Crippen molar-refractivity contribution in [2.75, 3.05) is 5.75 Å². The van der Waals surface area contributed by atoms with Crippen LogP contribution in [0.1, 0.15) is 17.0 Å². The molecule has 0 spiro atoms. The van der Waals surface area contributed by atoms with Gasteiger partial charge in [0.1, 0.15) is 11.6 Å². The molecule has 1 N–H and O–H groups in total. The summed E-state index contributed by atoms with van der Waals surface area (Å²) >= 11 is 4.72. The summed E-state index contributed by atoms with van der Waals surface area (Å²) in [5, 5.41) is 10.4. The first-order chi connectivity index (χ1) is 10.1. The van der Waals surface area contributed by atoms with Crippen LogP contribution in [0.5, 0.6) is 0 Å².